The predicted octanol–water partition coefficient (Wildman–Crippen LogP) is 2.99. The van der Waals surface area contributed by atoms with E-state index < -0.39 is 0 Å². The second kappa shape index (κ2) is 7.32. The van der Waals surface area contributed by atoms with Crippen LogP contribution in [-0.2, 0) is 4.79 Å². The Morgan fingerprint density at radius 3 is 2.69 bits per heavy atom. The average Bonchev–Trinajstić information content (AvgIpc) is 3.30. The Morgan fingerprint density at radius 1 is 1.15 bits per heavy atom. The van der Waals surface area contributed by atoms with Crippen molar-refractivity contribution in [2.45, 2.75) is 50.5 Å². The number of hydrogen-bond acceptors (Lipinski definition) is 3. The summed E-state index contributed by atoms with van der Waals surface area (Å²) in [5.41, 5.74) is 2.45. The predicted molar refractivity (Wildman–Crippen MR) is 99.1 cm³/mol. The molecular weight excluding hydrogens is 328 g/mol. The van der Waals surface area contributed by atoms with Crippen molar-refractivity contribution in [1.82, 2.24) is 15.5 Å². The van der Waals surface area contributed by atoms with Crippen molar-refractivity contribution < 1.29 is 9.59 Å². The number of nitrogens with zero attached hydrogens (tertiary/aromatic N) is 2. The molecule has 2 aliphatic rings. The molecule has 1 atom stereocenters. The number of aromatic amines is 1. The number of benzene rings is 1. The molecule has 6 nitrogen and oxygen atoms in total. The van der Waals surface area contributed by atoms with Crippen LogP contribution >= 0.6 is 0 Å². The van der Waals surface area contributed by atoms with Crippen LogP contribution in [0.4, 0.5) is 5.69 Å². The minimum absolute atomic E-state index is 0.0428. The molecule has 1 aromatic heterocycles. The number of carbonyl (C=O) groups excluding carboxylic acids is 2. The molecule has 1 saturated carbocycles. The number of hydrogen-bond donors (Lipinski definition) is 2. The lowest BCUT2D eigenvalue weighted by molar-refractivity contribution is -0.117. The second-order valence-electron chi connectivity index (χ2n) is 7.25. The number of para-hydroxylation sites is 1. The molecule has 6 heteroatoms. The maximum atomic E-state index is 12.8. The van der Waals surface area contributed by atoms with Crippen molar-refractivity contribution in [3.05, 3.63) is 47.8 Å². The summed E-state index contributed by atoms with van der Waals surface area (Å²) >= 11 is 0. The summed E-state index contributed by atoms with van der Waals surface area (Å²) in [7, 11) is 0. The Kier molecular flexibility index (Phi) is 4.73. The van der Waals surface area contributed by atoms with E-state index in [2.05, 4.69) is 15.5 Å². The molecule has 1 saturated heterocycles. The number of amides is 2. The Labute approximate surface area is 153 Å². The largest absolute Gasteiger partial charge is 0.347 e. The molecule has 2 heterocycles. The smallest absolute Gasteiger partial charge is 0.255 e. The van der Waals surface area contributed by atoms with Crippen molar-refractivity contribution in [3.63, 3.8) is 0 Å². The van der Waals surface area contributed by atoms with E-state index in [-0.39, 0.29) is 17.9 Å². The first-order chi connectivity index (χ1) is 12.7. The van der Waals surface area contributed by atoms with Crippen molar-refractivity contribution in [2.75, 3.05) is 11.4 Å². The van der Waals surface area contributed by atoms with Gasteiger partial charge in [-0.25, -0.2) is 0 Å². The normalized spacial score (nSPS) is 21.2. The SMILES string of the molecule is O=C(N[C@H]1CC(=O)N(c2ccccc2)C1)c1cn[nH]c1C1CCCCC1. The summed E-state index contributed by atoms with van der Waals surface area (Å²) in [6.07, 6.45) is 7.83. The summed E-state index contributed by atoms with van der Waals surface area (Å²) < 4.78 is 0. The third-order valence-corrected chi connectivity index (χ3v) is 5.45. The fourth-order valence-corrected chi connectivity index (χ4v) is 4.10. The van der Waals surface area contributed by atoms with E-state index in [4.69, 9.17) is 0 Å². The van der Waals surface area contributed by atoms with Crippen LogP contribution < -0.4 is 10.2 Å². The summed E-state index contributed by atoms with van der Waals surface area (Å²) in [4.78, 5) is 26.8. The molecule has 26 heavy (non-hydrogen) atoms. The van der Waals surface area contributed by atoms with Crippen LogP contribution in [0.5, 0.6) is 0 Å². The fourth-order valence-electron chi connectivity index (χ4n) is 4.10. The molecule has 2 amide bonds. The number of rotatable bonds is 4. The topological polar surface area (TPSA) is 78.1 Å². The molecule has 1 aliphatic heterocycles. The van der Waals surface area contributed by atoms with E-state index >= 15 is 0 Å². The summed E-state index contributed by atoms with van der Waals surface area (Å²) in [5.74, 6) is 0.297. The van der Waals surface area contributed by atoms with Crippen LogP contribution in [0.25, 0.3) is 0 Å². The van der Waals surface area contributed by atoms with Crippen LogP contribution in [0.15, 0.2) is 36.5 Å². The third-order valence-electron chi connectivity index (χ3n) is 5.45. The first kappa shape index (κ1) is 16.8. The van der Waals surface area contributed by atoms with Gasteiger partial charge in [0.15, 0.2) is 0 Å². The van der Waals surface area contributed by atoms with Crippen LogP contribution in [0.3, 0.4) is 0 Å². The van der Waals surface area contributed by atoms with Gasteiger partial charge in [-0.05, 0) is 25.0 Å². The molecular formula is C20H24N4O2. The lowest BCUT2D eigenvalue weighted by Crippen LogP contribution is -2.37. The van der Waals surface area contributed by atoms with E-state index in [1.54, 1.807) is 11.1 Å². The number of nitrogens with one attached hydrogen (secondary N) is 2. The van der Waals surface area contributed by atoms with Crippen LogP contribution in [0.1, 0.15) is 60.5 Å². The lowest BCUT2D eigenvalue weighted by Gasteiger charge is -2.21. The number of carbonyl (C=O) groups is 2. The lowest BCUT2D eigenvalue weighted by atomic mass is 9.85. The van der Waals surface area contributed by atoms with Crippen LogP contribution in [0.2, 0.25) is 0 Å². The van der Waals surface area contributed by atoms with Gasteiger partial charge in [-0.1, -0.05) is 37.5 Å². The summed E-state index contributed by atoms with van der Waals surface area (Å²) in [5, 5.41) is 10.2. The van der Waals surface area contributed by atoms with E-state index in [1.807, 2.05) is 30.3 Å². The second-order valence-corrected chi connectivity index (χ2v) is 7.25. The summed E-state index contributed by atoms with van der Waals surface area (Å²) in [6.45, 7) is 0.505. The molecule has 0 unspecified atom stereocenters. The first-order valence-electron chi connectivity index (χ1n) is 9.42. The highest BCUT2D eigenvalue weighted by atomic mass is 16.2. The molecule has 1 aliphatic carbocycles. The molecule has 2 aromatic rings. The van der Waals surface area contributed by atoms with Crippen molar-refractivity contribution in [3.8, 4) is 0 Å². The molecule has 136 valence electrons. The van der Waals surface area contributed by atoms with E-state index in [1.165, 1.54) is 19.3 Å². The Balaban J connectivity index is 1.43. The number of aromatic nitrogens is 2. The van der Waals surface area contributed by atoms with Gasteiger partial charge in [0.1, 0.15) is 0 Å². The molecule has 2 N–H and O–H groups in total. The number of H-pyrrole nitrogens is 1. The summed E-state index contributed by atoms with van der Waals surface area (Å²) in [6, 6.07) is 9.41. The Hall–Kier alpha value is -2.63. The fraction of sp³-hybridized carbons (Fsp3) is 0.450. The van der Waals surface area contributed by atoms with Gasteiger partial charge >= 0.3 is 0 Å². The van der Waals surface area contributed by atoms with Crippen LogP contribution in [-0.4, -0.2) is 34.6 Å². The molecule has 1 aromatic carbocycles. The van der Waals surface area contributed by atoms with Gasteiger partial charge in [-0.15, -0.1) is 0 Å². The highest BCUT2D eigenvalue weighted by Gasteiger charge is 2.32. The maximum absolute atomic E-state index is 12.8. The van der Waals surface area contributed by atoms with Gasteiger partial charge in [-0.3, -0.25) is 14.7 Å². The quantitative estimate of drug-likeness (QED) is 0.888. The van der Waals surface area contributed by atoms with E-state index in [9.17, 15) is 9.59 Å². The van der Waals surface area contributed by atoms with E-state index in [0.29, 0.717) is 24.4 Å². The molecule has 4 rings (SSSR count). The standard InChI is InChI=1S/C20H24N4O2/c25-18-11-15(13-24(18)16-9-5-2-6-10-16)22-20(26)17-12-21-23-19(17)14-7-3-1-4-8-14/h2,5-6,9-10,12,14-15H,1,3-4,7-8,11,13H2,(H,21,23)(H,22,26)/t15-/m0/s1. The molecule has 0 bridgehead atoms. The zero-order valence-corrected chi connectivity index (χ0v) is 14.8. The number of anilines is 1. The van der Waals surface area contributed by atoms with Gasteiger partial charge in [0, 0.05) is 24.6 Å². The first-order valence-corrected chi connectivity index (χ1v) is 9.42. The molecule has 0 radical (unpaired) electrons. The molecule has 2 fully saturated rings. The monoisotopic (exact) mass is 352 g/mol. The zero-order chi connectivity index (χ0) is 17.9. The Bertz CT molecular complexity index is 780. The minimum atomic E-state index is -0.177. The molecule has 0 spiro atoms. The highest BCUT2D eigenvalue weighted by Crippen LogP contribution is 2.33. The average molecular weight is 352 g/mol. The maximum Gasteiger partial charge on any atom is 0.255 e. The minimum Gasteiger partial charge on any atom is -0.347 e. The van der Waals surface area contributed by atoms with Gasteiger partial charge in [-0.2, -0.15) is 5.10 Å². The van der Waals surface area contributed by atoms with Gasteiger partial charge in [0.25, 0.3) is 5.91 Å². The van der Waals surface area contributed by atoms with E-state index in [0.717, 1.165) is 24.2 Å². The van der Waals surface area contributed by atoms with Crippen LogP contribution in [0, 0.1) is 0 Å². The van der Waals surface area contributed by atoms with Gasteiger partial charge in [0.05, 0.1) is 23.5 Å². The van der Waals surface area contributed by atoms with Crippen molar-refractivity contribution in [2.24, 2.45) is 0 Å². The highest BCUT2D eigenvalue weighted by molar-refractivity contribution is 5.99. The van der Waals surface area contributed by atoms with Gasteiger partial charge < -0.3 is 10.2 Å². The third kappa shape index (κ3) is 3.36. The van der Waals surface area contributed by atoms with Gasteiger partial charge in [0.2, 0.25) is 5.91 Å². The Morgan fingerprint density at radius 2 is 1.92 bits per heavy atom. The van der Waals surface area contributed by atoms with Crippen molar-refractivity contribution >= 4 is 17.5 Å². The van der Waals surface area contributed by atoms with Crippen molar-refractivity contribution in [1.29, 1.82) is 0 Å². The zero-order valence-electron chi connectivity index (χ0n) is 14.8.